The molecule has 2 aromatic carbocycles. The number of hydrogen-bond acceptors (Lipinski definition) is 0. The fourth-order valence-electron chi connectivity index (χ4n) is 1.45. The minimum atomic E-state index is -4.35. The molecule has 0 nitrogen and oxygen atoms in total. The Morgan fingerprint density at radius 3 is 2.18 bits per heavy atom. The van der Waals surface area contributed by atoms with Crippen LogP contribution in [0, 0.1) is 9.64 Å². The van der Waals surface area contributed by atoms with Gasteiger partial charge in [0.15, 0.2) is 0 Å². The highest BCUT2D eigenvalue weighted by atomic mass is 127. The number of alkyl halides is 3. The summed E-state index contributed by atoms with van der Waals surface area (Å²) in [5.74, 6) is 0. The minimum Gasteiger partial charge on any atom is -0.166 e. The third-order valence-electron chi connectivity index (χ3n) is 2.28. The maximum Gasteiger partial charge on any atom is 0.417 e. The van der Waals surface area contributed by atoms with Gasteiger partial charge in [-0.1, -0.05) is 24.3 Å². The molecule has 0 atom stereocenters. The second-order valence-corrected chi connectivity index (χ2v) is 4.74. The van der Waals surface area contributed by atoms with Crippen molar-refractivity contribution in [2.75, 3.05) is 0 Å². The van der Waals surface area contributed by atoms with E-state index in [9.17, 15) is 13.2 Å². The van der Waals surface area contributed by atoms with Gasteiger partial charge in [0.25, 0.3) is 0 Å². The summed E-state index contributed by atoms with van der Waals surface area (Å²) in [5.41, 5.74) is 0.575. The lowest BCUT2D eigenvalue weighted by atomic mass is 10.0. The van der Waals surface area contributed by atoms with Crippen LogP contribution in [0.15, 0.2) is 42.5 Å². The summed E-state index contributed by atoms with van der Waals surface area (Å²) in [6.07, 6.45) is -4.35. The van der Waals surface area contributed by atoms with E-state index in [1.165, 1.54) is 6.07 Å². The van der Waals surface area contributed by atoms with Gasteiger partial charge in [-0.15, -0.1) is 0 Å². The number of hydrogen-bond donors (Lipinski definition) is 0. The van der Waals surface area contributed by atoms with E-state index in [1.807, 2.05) is 12.1 Å². The summed E-state index contributed by atoms with van der Waals surface area (Å²) in [4.78, 5) is 0. The third kappa shape index (κ3) is 3.00. The Morgan fingerprint density at radius 2 is 1.59 bits per heavy atom. The van der Waals surface area contributed by atoms with Crippen molar-refractivity contribution in [3.05, 3.63) is 57.7 Å². The fourth-order valence-corrected chi connectivity index (χ4v) is 1.81. The van der Waals surface area contributed by atoms with Crippen LogP contribution in [-0.2, 0) is 6.18 Å². The fraction of sp³-hybridized carbons (Fsp3) is 0.0769. The van der Waals surface area contributed by atoms with E-state index in [1.54, 1.807) is 18.2 Å². The molecule has 0 heterocycles. The van der Waals surface area contributed by atoms with Crippen LogP contribution >= 0.6 is 22.6 Å². The van der Waals surface area contributed by atoms with E-state index in [-0.39, 0.29) is 0 Å². The molecule has 0 spiro atoms. The Balaban J connectivity index is 2.43. The molecule has 0 bridgehead atoms. The highest BCUT2D eigenvalue weighted by Gasteiger charge is 2.30. The van der Waals surface area contributed by atoms with E-state index in [0.717, 1.165) is 15.2 Å². The van der Waals surface area contributed by atoms with Gasteiger partial charge in [-0.05, 0) is 58.0 Å². The molecule has 0 saturated heterocycles. The molecule has 17 heavy (non-hydrogen) atoms. The summed E-state index contributed by atoms with van der Waals surface area (Å²) in [7, 11) is 0. The van der Waals surface area contributed by atoms with Gasteiger partial charge in [0.1, 0.15) is 0 Å². The van der Waals surface area contributed by atoms with E-state index in [2.05, 4.69) is 28.7 Å². The standard InChI is InChI=1S/C13H7F3I/c14-13(15,16)11-3-1-2-10(8-11)9-4-6-12(17)7-5-9/h1-2,4-8H. The van der Waals surface area contributed by atoms with Crippen LogP contribution in [0.25, 0.3) is 11.1 Å². The molecule has 4 heteroatoms. The lowest BCUT2D eigenvalue weighted by molar-refractivity contribution is -0.137. The Kier molecular flexibility index (Phi) is 3.42. The Morgan fingerprint density at radius 1 is 0.941 bits per heavy atom. The van der Waals surface area contributed by atoms with Crippen LogP contribution in [0.5, 0.6) is 0 Å². The van der Waals surface area contributed by atoms with Crippen molar-refractivity contribution >= 4 is 22.6 Å². The van der Waals surface area contributed by atoms with Crippen LogP contribution in [0.3, 0.4) is 0 Å². The second-order valence-electron chi connectivity index (χ2n) is 3.50. The number of benzene rings is 2. The van der Waals surface area contributed by atoms with Gasteiger partial charge in [0.2, 0.25) is 0 Å². The zero-order valence-corrected chi connectivity index (χ0v) is 10.7. The third-order valence-corrected chi connectivity index (χ3v) is 3.00. The van der Waals surface area contributed by atoms with Crippen LogP contribution < -0.4 is 0 Å². The van der Waals surface area contributed by atoms with Crippen molar-refractivity contribution in [2.45, 2.75) is 6.18 Å². The Bertz CT molecular complexity index is 515. The number of halogens is 4. The predicted molar refractivity (Wildman–Crippen MR) is 68.4 cm³/mol. The molecule has 0 aliphatic heterocycles. The Hall–Kier alpha value is -1.04. The average Bonchev–Trinajstić information content (AvgIpc) is 2.29. The van der Waals surface area contributed by atoms with Gasteiger partial charge in [-0.3, -0.25) is 0 Å². The summed E-state index contributed by atoms with van der Waals surface area (Å²) in [6.45, 7) is 0. The molecule has 0 saturated carbocycles. The summed E-state index contributed by atoms with van der Waals surface area (Å²) < 4.78 is 38.6. The molecule has 0 aliphatic carbocycles. The van der Waals surface area contributed by atoms with Gasteiger partial charge in [-0.2, -0.15) is 13.2 Å². The molecule has 0 N–H and O–H groups in total. The summed E-state index contributed by atoms with van der Waals surface area (Å²) in [6, 6.07) is 13.6. The average molecular weight is 347 g/mol. The van der Waals surface area contributed by atoms with Crippen molar-refractivity contribution in [3.8, 4) is 11.1 Å². The molecular weight excluding hydrogens is 340 g/mol. The molecule has 2 aromatic rings. The number of rotatable bonds is 1. The molecule has 0 aliphatic rings. The maximum absolute atomic E-state index is 12.5. The molecule has 0 aromatic heterocycles. The van der Waals surface area contributed by atoms with Gasteiger partial charge < -0.3 is 0 Å². The van der Waals surface area contributed by atoms with Gasteiger partial charge in [0, 0.05) is 3.57 Å². The normalized spacial score (nSPS) is 11.5. The largest absolute Gasteiger partial charge is 0.417 e. The van der Waals surface area contributed by atoms with Crippen LogP contribution in [-0.4, -0.2) is 0 Å². The SMILES string of the molecule is FC(F)(F)c1[c]ccc(-c2ccc(I)cc2)c1. The van der Waals surface area contributed by atoms with Crippen molar-refractivity contribution in [3.63, 3.8) is 0 Å². The topological polar surface area (TPSA) is 0 Å². The monoisotopic (exact) mass is 347 g/mol. The van der Waals surface area contributed by atoms with Crippen molar-refractivity contribution in [2.24, 2.45) is 0 Å². The zero-order valence-electron chi connectivity index (χ0n) is 8.55. The van der Waals surface area contributed by atoms with Crippen molar-refractivity contribution < 1.29 is 13.2 Å². The first-order valence-electron chi connectivity index (χ1n) is 4.82. The zero-order chi connectivity index (χ0) is 12.5. The molecular formula is C13H7F3I. The lowest BCUT2D eigenvalue weighted by Crippen LogP contribution is -2.04. The van der Waals surface area contributed by atoms with E-state index < -0.39 is 11.7 Å². The van der Waals surface area contributed by atoms with Crippen LogP contribution in [0.4, 0.5) is 13.2 Å². The first-order valence-corrected chi connectivity index (χ1v) is 5.89. The van der Waals surface area contributed by atoms with E-state index in [0.29, 0.717) is 5.56 Å². The first kappa shape index (κ1) is 12.4. The smallest absolute Gasteiger partial charge is 0.166 e. The molecule has 0 unspecified atom stereocenters. The Labute approximate surface area is 111 Å². The lowest BCUT2D eigenvalue weighted by Gasteiger charge is -2.08. The molecule has 2 rings (SSSR count). The highest BCUT2D eigenvalue weighted by molar-refractivity contribution is 14.1. The van der Waals surface area contributed by atoms with Gasteiger partial charge in [-0.25, -0.2) is 0 Å². The van der Waals surface area contributed by atoms with Gasteiger partial charge in [0.05, 0.1) is 5.56 Å². The summed E-state index contributed by atoms with van der Waals surface area (Å²) in [5, 5.41) is 0. The van der Waals surface area contributed by atoms with E-state index >= 15 is 0 Å². The quantitative estimate of drug-likeness (QED) is 0.652. The molecule has 1 radical (unpaired) electrons. The molecule has 87 valence electrons. The van der Waals surface area contributed by atoms with E-state index in [4.69, 9.17) is 0 Å². The molecule has 0 fully saturated rings. The highest BCUT2D eigenvalue weighted by Crippen LogP contribution is 2.31. The van der Waals surface area contributed by atoms with Crippen molar-refractivity contribution in [1.82, 2.24) is 0 Å². The summed E-state index contributed by atoms with van der Waals surface area (Å²) >= 11 is 2.15. The van der Waals surface area contributed by atoms with Crippen LogP contribution in [0.2, 0.25) is 0 Å². The van der Waals surface area contributed by atoms with Crippen molar-refractivity contribution in [1.29, 1.82) is 0 Å². The predicted octanol–water partition coefficient (Wildman–Crippen LogP) is 4.78. The van der Waals surface area contributed by atoms with Crippen LogP contribution in [0.1, 0.15) is 5.56 Å². The first-order chi connectivity index (χ1) is 7.97. The minimum absolute atomic E-state index is 0.549. The second kappa shape index (κ2) is 4.68. The molecule has 0 amide bonds. The maximum atomic E-state index is 12.5. The van der Waals surface area contributed by atoms with Gasteiger partial charge >= 0.3 is 6.18 Å².